The molecule has 160 valence electrons. The van der Waals surface area contributed by atoms with Crippen LogP contribution in [0.15, 0.2) is 53.3 Å². The Labute approximate surface area is 181 Å². The van der Waals surface area contributed by atoms with E-state index in [2.05, 4.69) is 37.3 Å². The summed E-state index contributed by atoms with van der Waals surface area (Å²) in [5, 5.41) is 6.18. The number of terminal acetylenes is 1. The van der Waals surface area contributed by atoms with Crippen LogP contribution in [0.4, 0.5) is 0 Å². The van der Waals surface area contributed by atoms with Gasteiger partial charge in [-0.3, -0.25) is 9.10 Å². The molecule has 1 atom stereocenters. The molecular formula is C23H36N4OS. The standard InChI is InChI=1S/C23H36N4OS/c1-8-13-14-16-21(11-4)23(17-18-24,27(25-7)20(6)15-9-2)29-26(19-10-3)22(28)12-5/h1,11,13-16H,4,7,9-10,12,17-19,24H2,2-3,5-6H3/b14-13-,20-15+,21-16+. The number of nitrogens with two attached hydrogens (primary N) is 1. The Bertz CT molecular complexity index is 675. The number of amides is 1. The summed E-state index contributed by atoms with van der Waals surface area (Å²) in [4.78, 5) is 11.9. The molecule has 0 aliphatic heterocycles. The summed E-state index contributed by atoms with van der Waals surface area (Å²) in [6.07, 6.45) is 17.1. The van der Waals surface area contributed by atoms with E-state index in [4.69, 9.17) is 12.2 Å². The molecule has 5 nitrogen and oxygen atoms in total. The van der Waals surface area contributed by atoms with Crippen LogP contribution < -0.4 is 5.73 Å². The largest absolute Gasteiger partial charge is 0.330 e. The quantitative estimate of drug-likeness (QED) is 0.110. The Hall–Kier alpha value is -2.23. The number of hydrazone groups is 1. The van der Waals surface area contributed by atoms with E-state index >= 15 is 0 Å². The number of carbonyl (C=O) groups excluding carboxylic acids is 1. The third-order valence-electron chi connectivity index (χ3n) is 4.21. The average Bonchev–Trinajstić information content (AvgIpc) is 2.71. The fourth-order valence-electron chi connectivity index (χ4n) is 2.95. The van der Waals surface area contributed by atoms with Gasteiger partial charge in [0.05, 0.1) is 0 Å². The molecule has 1 unspecified atom stereocenters. The molecule has 0 aliphatic rings. The van der Waals surface area contributed by atoms with Crippen LogP contribution >= 0.6 is 11.9 Å². The summed E-state index contributed by atoms with van der Waals surface area (Å²) in [6.45, 7) is 16.8. The molecule has 0 saturated heterocycles. The summed E-state index contributed by atoms with van der Waals surface area (Å²) >= 11 is 1.43. The zero-order valence-electron chi connectivity index (χ0n) is 18.4. The second kappa shape index (κ2) is 14.7. The molecular weight excluding hydrogens is 380 g/mol. The van der Waals surface area contributed by atoms with Crippen LogP contribution in [0.1, 0.15) is 53.4 Å². The topological polar surface area (TPSA) is 61.9 Å². The lowest BCUT2D eigenvalue weighted by Crippen LogP contribution is -2.48. The van der Waals surface area contributed by atoms with Gasteiger partial charge in [-0.15, -0.1) is 6.42 Å². The minimum atomic E-state index is -0.785. The lowest BCUT2D eigenvalue weighted by Gasteiger charge is -2.45. The number of hydrogen-bond acceptors (Lipinski definition) is 5. The van der Waals surface area contributed by atoms with Crippen molar-refractivity contribution in [2.45, 2.75) is 58.2 Å². The second-order valence-electron chi connectivity index (χ2n) is 6.32. The van der Waals surface area contributed by atoms with Crippen LogP contribution in [0, 0.1) is 12.3 Å². The minimum Gasteiger partial charge on any atom is -0.330 e. The maximum atomic E-state index is 12.7. The first kappa shape index (κ1) is 26.8. The third-order valence-corrected chi connectivity index (χ3v) is 5.73. The Morgan fingerprint density at radius 2 is 2.07 bits per heavy atom. The van der Waals surface area contributed by atoms with Crippen molar-refractivity contribution in [3.8, 4) is 12.3 Å². The van der Waals surface area contributed by atoms with Gasteiger partial charge in [0.2, 0.25) is 5.91 Å². The maximum absolute atomic E-state index is 12.7. The number of carbonyl (C=O) groups is 1. The van der Waals surface area contributed by atoms with Crippen molar-refractivity contribution in [3.63, 3.8) is 0 Å². The highest BCUT2D eigenvalue weighted by Gasteiger charge is 2.43. The molecule has 0 rings (SSSR count). The van der Waals surface area contributed by atoms with E-state index in [0.29, 0.717) is 25.9 Å². The number of allylic oxidation sites excluding steroid dienone is 5. The van der Waals surface area contributed by atoms with Gasteiger partial charge in [-0.2, -0.15) is 5.10 Å². The van der Waals surface area contributed by atoms with Gasteiger partial charge in [0, 0.05) is 31.8 Å². The van der Waals surface area contributed by atoms with Gasteiger partial charge in [0.1, 0.15) is 0 Å². The van der Waals surface area contributed by atoms with Crippen molar-refractivity contribution in [1.82, 2.24) is 9.31 Å². The molecule has 0 aromatic carbocycles. The molecule has 1 amide bonds. The molecule has 0 bridgehead atoms. The number of hydrogen-bond donors (Lipinski definition) is 1. The van der Waals surface area contributed by atoms with Crippen molar-refractivity contribution < 1.29 is 4.79 Å². The fraction of sp³-hybridized carbons (Fsp3) is 0.478. The average molecular weight is 417 g/mol. The summed E-state index contributed by atoms with van der Waals surface area (Å²) in [6, 6.07) is 0. The lowest BCUT2D eigenvalue weighted by atomic mass is 10.0. The monoisotopic (exact) mass is 416 g/mol. The van der Waals surface area contributed by atoms with E-state index in [1.54, 1.807) is 22.5 Å². The van der Waals surface area contributed by atoms with Crippen molar-refractivity contribution in [3.05, 3.63) is 48.2 Å². The van der Waals surface area contributed by atoms with E-state index in [9.17, 15) is 4.79 Å². The van der Waals surface area contributed by atoms with Crippen LogP contribution in [0.2, 0.25) is 0 Å². The van der Waals surface area contributed by atoms with E-state index in [1.807, 2.05) is 31.9 Å². The van der Waals surface area contributed by atoms with Crippen molar-refractivity contribution in [2.75, 3.05) is 13.1 Å². The highest BCUT2D eigenvalue weighted by molar-refractivity contribution is 7.99. The first-order chi connectivity index (χ1) is 13.9. The van der Waals surface area contributed by atoms with Crippen molar-refractivity contribution >= 4 is 24.6 Å². The Kier molecular flexibility index (Phi) is 13.6. The van der Waals surface area contributed by atoms with Crippen molar-refractivity contribution in [2.24, 2.45) is 10.8 Å². The van der Waals surface area contributed by atoms with E-state index < -0.39 is 4.87 Å². The van der Waals surface area contributed by atoms with Crippen LogP contribution in [0.5, 0.6) is 0 Å². The first-order valence-corrected chi connectivity index (χ1v) is 10.8. The molecule has 0 spiro atoms. The predicted molar refractivity (Wildman–Crippen MR) is 128 cm³/mol. The molecule has 0 aliphatic carbocycles. The summed E-state index contributed by atoms with van der Waals surface area (Å²) in [5.41, 5.74) is 7.83. The molecule has 0 saturated carbocycles. The molecule has 29 heavy (non-hydrogen) atoms. The fourth-order valence-corrected chi connectivity index (χ4v) is 4.56. The molecule has 0 aromatic heterocycles. The highest BCUT2D eigenvalue weighted by Crippen LogP contribution is 2.44. The van der Waals surface area contributed by atoms with Gasteiger partial charge < -0.3 is 5.73 Å². The molecule has 6 heteroatoms. The highest BCUT2D eigenvalue weighted by atomic mass is 32.2. The second-order valence-corrected chi connectivity index (χ2v) is 7.62. The van der Waals surface area contributed by atoms with Gasteiger partial charge in [0.15, 0.2) is 4.87 Å². The van der Waals surface area contributed by atoms with E-state index in [0.717, 1.165) is 24.1 Å². The normalized spacial score (nSPS) is 14.2. The summed E-state index contributed by atoms with van der Waals surface area (Å²) in [7, 11) is 0. The summed E-state index contributed by atoms with van der Waals surface area (Å²) < 4.78 is 1.80. The number of rotatable bonds is 14. The van der Waals surface area contributed by atoms with Gasteiger partial charge >= 0.3 is 0 Å². The zero-order valence-corrected chi connectivity index (χ0v) is 19.2. The smallest absolute Gasteiger partial charge is 0.232 e. The first-order valence-electron chi connectivity index (χ1n) is 10.0. The third kappa shape index (κ3) is 7.60. The van der Waals surface area contributed by atoms with Crippen LogP contribution in [-0.4, -0.2) is 39.9 Å². The van der Waals surface area contributed by atoms with Gasteiger partial charge in [0.25, 0.3) is 0 Å². The van der Waals surface area contributed by atoms with E-state index in [1.165, 1.54) is 11.9 Å². The zero-order chi connectivity index (χ0) is 22.3. The van der Waals surface area contributed by atoms with Crippen LogP contribution in [-0.2, 0) is 4.79 Å². The minimum absolute atomic E-state index is 0.0574. The number of nitrogens with zero attached hydrogens (tertiary/aromatic N) is 3. The van der Waals surface area contributed by atoms with Gasteiger partial charge in [-0.1, -0.05) is 57.6 Å². The van der Waals surface area contributed by atoms with Crippen LogP contribution in [0.3, 0.4) is 0 Å². The molecule has 0 heterocycles. The molecule has 0 radical (unpaired) electrons. The maximum Gasteiger partial charge on any atom is 0.232 e. The van der Waals surface area contributed by atoms with Crippen molar-refractivity contribution in [1.29, 1.82) is 0 Å². The Morgan fingerprint density at radius 3 is 2.52 bits per heavy atom. The van der Waals surface area contributed by atoms with Gasteiger partial charge in [-0.05, 0) is 49.9 Å². The molecule has 0 fully saturated rings. The Morgan fingerprint density at radius 1 is 1.38 bits per heavy atom. The van der Waals surface area contributed by atoms with Crippen LogP contribution in [0.25, 0.3) is 0 Å². The lowest BCUT2D eigenvalue weighted by molar-refractivity contribution is -0.125. The predicted octanol–water partition coefficient (Wildman–Crippen LogP) is 4.86. The van der Waals surface area contributed by atoms with E-state index in [-0.39, 0.29) is 5.91 Å². The molecule has 0 aromatic rings. The van der Waals surface area contributed by atoms with Gasteiger partial charge in [-0.25, -0.2) is 5.01 Å². The SMILES string of the molecule is C#C/C=C\C=C(/C=C)C(CCN)(SN(CCC)C(=O)CC)N(N=C)/C(C)=C/CC. The molecule has 2 N–H and O–H groups in total. The summed E-state index contributed by atoms with van der Waals surface area (Å²) in [5.74, 6) is 2.55. The Balaban J connectivity index is 6.78.